The Labute approximate surface area is 126 Å². The second-order valence-electron chi connectivity index (χ2n) is 6.56. The number of aliphatic hydroxyl groups excluding tert-OH is 1. The molecule has 0 heterocycles. The predicted molar refractivity (Wildman–Crippen MR) is 83.2 cm³/mol. The van der Waals surface area contributed by atoms with Gasteiger partial charge in [0.25, 0.3) is 0 Å². The Kier molecular flexibility index (Phi) is 5.36. The average Bonchev–Trinajstić information content (AvgIpc) is 2.36. The number of carbonyl (C=O) groups is 1. The van der Waals surface area contributed by atoms with E-state index < -0.39 is 23.3 Å². The van der Waals surface area contributed by atoms with Crippen LogP contribution in [0.25, 0.3) is 0 Å². The number of nitrogens with zero attached hydrogens (tertiary/aromatic N) is 1. The van der Waals surface area contributed by atoms with E-state index in [9.17, 15) is 15.0 Å². The number of benzene rings is 1. The molecule has 0 aliphatic heterocycles. The lowest BCUT2D eigenvalue weighted by molar-refractivity contribution is -0.0466. The Morgan fingerprint density at radius 3 is 2.14 bits per heavy atom. The maximum atomic E-state index is 11.8. The van der Waals surface area contributed by atoms with Gasteiger partial charge >= 0.3 is 6.09 Å². The maximum Gasteiger partial charge on any atom is 0.408 e. The van der Waals surface area contributed by atoms with Crippen molar-refractivity contribution >= 4 is 6.09 Å². The third kappa shape index (κ3) is 3.95. The number of nitrogens with two attached hydrogens (primary N) is 1. The number of carboxylic acid groups (broad SMARTS) is 1. The molecule has 0 aromatic heterocycles. The monoisotopic (exact) mass is 294 g/mol. The number of amides is 1. The van der Waals surface area contributed by atoms with Crippen LogP contribution in [0.3, 0.4) is 0 Å². The Balaban J connectivity index is 3.28. The van der Waals surface area contributed by atoms with Crippen LogP contribution in [0.2, 0.25) is 0 Å². The molecule has 0 fully saturated rings. The first-order valence-corrected chi connectivity index (χ1v) is 7.08. The maximum absolute atomic E-state index is 11.8. The lowest BCUT2D eigenvalue weighted by Crippen LogP contribution is -2.65. The minimum atomic E-state index is -1.06. The third-order valence-electron chi connectivity index (χ3n) is 3.72. The van der Waals surface area contributed by atoms with E-state index in [4.69, 9.17) is 5.73 Å². The summed E-state index contributed by atoms with van der Waals surface area (Å²) in [6, 6.07) is 9.53. The average molecular weight is 294 g/mol. The van der Waals surface area contributed by atoms with Gasteiger partial charge in [0, 0.05) is 12.1 Å². The topological polar surface area (TPSA) is 86.8 Å². The Morgan fingerprint density at radius 1 is 1.24 bits per heavy atom. The first-order valence-electron chi connectivity index (χ1n) is 7.08. The van der Waals surface area contributed by atoms with Crippen LogP contribution < -0.4 is 5.73 Å². The first-order chi connectivity index (χ1) is 9.63. The van der Waals surface area contributed by atoms with Crippen LogP contribution in [0, 0.1) is 0 Å². The van der Waals surface area contributed by atoms with Crippen molar-refractivity contribution in [1.82, 2.24) is 4.90 Å². The van der Waals surface area contributed by atoms with Crippen LogP contribution in [0.5, 0.6) is 0 Å². The minimum absolute atomic E-state index is 0.00317. The fourth-order valence-corrected chi connectivity index (χ4v) is 2.88. The van der Waals surface area contributed by atoms with Gasteiger partial charge in [-0.1, -0.05) is 30.3 Å². The second-order valence-corrected chi connectivity index (χ2v) is 6.56. The molecule has 0 saturated carbocycles. The molecule has 2 unspecified atom stereocenters. The summed E-state index contributed by atoms with van der Waals surface area (Å²) in [7, 11) is 0. The van der Waals surface area contributed by atoms with Crippen molar-refractivity contribution in [2.24, 2.45) is 5.73 Å². The molecule has 5 heteroatoms. The molecule has 2 atom stereocenters. The van der Waals surface area contributed by atoms with E-state index in [1.165, 1.54) is 4.90 Å². The predicted octanol–water partition coefficient (Wildman–Crippen LogP) is 2.09. The largest absolute Gasteiger partial charge is 0.465 e. The summed E-state index contributed by atoms with van der Waals surface area (Å²) < 4.78 is 0. The molecule has 0 aliphatic carbocycles. The molecule has 0 radical (unpaired) electrons. The molecule has 1 rings (SSSR count). The number of hydrogen-bond donors (Lipinski definition) is 3. The molecule has 21 heavy (non-hydrogen) atoms. The lowest BCUT2D eigenvalue weighted by Gasteiger charge is -2.49. The summed E-state index contributed by atoms with van der Waals surface area (Å²) >= 11 is 0. The first kappa shape index (κ1) is 17.5. The summed E-state index contributed by atoms with van der Waals surface area (Å²) in [4.78, 5) is 13.1. The highest BCUT2D eigenvalue weighted by Crippen LogP contribution is 2.31. The van der Waals surface area contributed by atoms with Crippen LogP contribution in [0.1, 0.15) is 33.3 Å². The molecule has 0 aliphatic rings. The van der Waals surface area contributed by atoms with Gasteiger partial charge in [-0.05, 0) is 39.7 Å². The highest BCUT2D eigenvalue weighted by atomic mass is 16.4. The summed E-state index contributed by atoms with van der Waals surface area (Å²) in [6.45, 7) is 7.19. The summed E-state index contributed by atoms with van der Waals surface area (Å²) in [5.74, 6) is 0. The standard InChI is InChI=1S/C16H26N2O3/c1-15(2,3)18(14(20)21)16(4,13(19)11-17)10-12-8-6-5-7-9-12/h5-9,13,19H,10-11,17H2,1-4H3,(H,20,21). The van der Waals surface area contributed by atoms with Gasteiger partial charge in [0.05, 0.1) is 11.6 Å². The van der Waals surface area contributed by atoms with Gasteiger partial charge in [0.2, 0.25) is 0 Å². The molecular weight excluding hydrogens is 268 g/mol. The van der Waals surface area contributed by atoms with Crippen molar-refractivity contribution in [3.63, 3.8) is 0 Å². The Bertz CT molecular complexity index is 470. The fraction of sp³-hybridized carbons (Fsp3) is 0.562. The second kappa shape index (κ2) is 6.45. The SMILES string of the molecule is CC(C)(C)N(C(=O)O)C(C)(Cc1ccccc1)C(O)CN. The highest BCUT2D eigenvalue weighted by molar-refractivity contribution is 5.67. The van der Waals surface area contributed by atoms with E-state index in [1.54, 1.807) is 6.92 Å². The van der Waals surface area contributed by atoms with Crippen LogP contribution >= 0.6 is 0 Å². The molecular formula is C16H26N2O3. The van der Waals surface area contributed by atoms with E-state index in [2.05, 4.69) is 0 Å². The molecule has 1 aromatic carbocycles. The highest BCUT2D eigenvalue weighted by Gasteiger charge is 2.46. The Hall–Kier alpha value is -1.59. The zero-order chi connectivity index (χ0) is 16.3. The van der Waals surface area contributed by atoms with Crippen LogP contribution in [0.15, 0.2) is 30.3 Å². The van der Waals surface area contributed by atoms with Crippen molar-refractivity contribution in [2.45, 2.75) is 51.3 Å². The lowest BCUT2D eigenvalue weighted by atomic mass is 9.82. The normalized spacial score (nSPS) is 16.1. The van der Waals surface area contributed by atoms with E-state index >= 15 is 0 Å². The van der Waals surface area contributed by atoms with E-state index in [1.807, 2.05) is 51.1 Å². The van der Waals surface area contributed by atoms with Gasteiger partial charge in [-0.15, -0.1) is 0 Å². The van der Waals surface area contributed by atoms with Gasteiger partial charge in [0.1, 0.15) is 0 Å². The van der Waals surface area contributed by atoms with Crippen molar-refractivity contribution in [2.75, 3.05) is 6.54 Å². The summed E-state index contributed by atoms with van der Waals surface area (Å²) in [6.07, 6.45) is -1.61. The molecule has 4 N–H and O–H groups in total. The zero-order valence-electron chi connectivity index (χ0n) is 13.2. The molecule has 1 aromatic rings. The fourth-order valence-electron chi connectivity index (χ4n) is 2.88. The number of rotatable bonds is 5. The molecule has 5 nitrogen and oxygen atoms in total. The van der Waals surface area contributed by atoms with Gasteiger partial charge in [-0.3, -0.25) is 4.90 Å². The van der Waals surface area contributed by atoms with Crippen LogP contribution in [-0.2, 0) is 6.42 Å². The number of hydrogen-bond acceptors (Lipinski definition) is 3. The molecule has 118 valence electrons. The van der Waals surface area contributed by atoms with Crippen molar-refractivity contribution in [3.8, 4) is 0 Å². The summed E-state index contributed by atoms with van der Waals surface area (Å²) in [5.41, 5.74) is 4.94. The van der Waals surface area contributed by atoms with Crippen LogP contribution in [0.4, 0.5) is 4.79 Å². The zero-order valence-corrected chi connectivity index (χ0v) is 13.2. The quantitative estimate of drug-likeness (QED) is 0.776. The van der Waals surface area contributed by atoms with Gasteiger partial charge < -0.3 is 15.9 Å². The third-order valence-corrected chi connectivity index (χ3v) is 3.72. The van der Waals surface area contributed by atoms with E-state index in [0.29, 0.717) is 6.42 Å². The molecule has 1 amide bonds. The van der Waals surface area contributed by atoms with Gasteiger partial charge in [-0.25, -0.2) is 4.79 Å². The van der Waals surface area contributed by atoms with Gasteiger partial charge in [0.15, 0.2) is 0 Å². The van der Waals surface area contributed by atoms with Crippen LogP contribution in [-0.4, -0.2) is 44.9 Å². The van der Waals surface area contributed by atoms with E-state index in [-0.39, 0.29) is 6.54 Å². The molecule has 0 saturated heterocycles. The Morgan fingerprint density at radius 2 is 1.76 bits per heavy atom. The molecule has 0 bridgehead atoms. The van der Waals surface area contributed by atoms with E-state index in [0.717, 1.165) is 5.56 Å². The van der Waals surface area contributed by atoms with Crippen molar-refractivity contribution in [1.29, 1.82) is 0 Å². The van der Waals surface area contributed by atoms with Gasteiger partial charge in [-0.2, -0.15) is 0 Å². The smallest absolute Gasteiger partial charge is 0.408 e. The van der Waals surface area contributed by atoms with Crippen molar-refractivity contribution < 1.29 is 15.0 Å². The minimum Gasteiger partial charge on any atom is -0.465 e. The molecule has 0 spiro atoms. The van der Waals surface area contributed by atoms with Crippen molar-refractivity contribution in [3.05, 3.63) is 35.9 Å². The number of aliphatic hydroxyl groups is 1. The summed E-state index contributed by atoms with van der Waals surface area (Å²) in [5, 5.41) is 20.0.